The highest BCUT2D eigenvalue weighted by Gasteiger charge is 2.34. The molecule has 0 bridgehead atoms. The third kappa shape index (κ3) is 2.30. The maximum Gasteiger partial charge on any atom is 0.356 e. The van der Waals surface area contributed by atoms with Crippen LogP contribution in [0.2, 0.25) is 5.02 Å². The van der Waals surface area contributed by atoms with E-state index in [9.17, 15) is 14.7 Å². The van der Waals surface area contributed by atoms with Gasteiger partial charge in [0.1, 0.15) is 5.52 Å². The van der Waals surface area contributed by atoms with Gasteiger partial charge in [-0.25, -0.2) is 9.31 Å². The van der Waals surface area contributed by atoms with E-state index >= 15 is 0 Å². The summed E-state index contributed by atoms with van der Waals surface area (Å²) < 4.78 is 1.38. The summed E-state index contributed by atoms with van der Waals surface area (Å²) in [4.78, 5) is 26.9. The van der Waals surface area contributed by atoms with Gasteiger partial charge < -0.3 is 10.1 Å². The molecule has 1 aromatic carbocycles. The number of benzene rings is 1. The van der Waals surface area contributed by atoms with Crippen molar-refractivity contribution in [2.45, 2.75) is 25.7 Å². The molecule has 0 amide bonds. The van der Waals surface area contributed by atoms with Crippen molar-refractivity contribution in [3.8, 4) is 11.3 Å². The highest BCUT2D eigenvalue weighted by atomic mass is 35.5. The first-order valence-electron chi connectivity index (χ1n) is 7.61. The van der Waals surface area contributed by atoms with Gasteiger partial charge in [0.2, 0.25) is 0 Å². The summed E-state index contributed by atoms with van der Waals surface area (Å²) >= 11 is 6.04. The molecule has 1 saturated carbocycles. The maximum absolute atomic E-state index is 12.6. The molecule has 2 heterocycles. The Bertz CT molecular complexity index is 1050. The monoisotopic (exact) mass is 343 g/mol. The number of aromatic carboxylic acids is 1. The number of carbonyl (C=O) groups is 1. The smallest absolute Gasteiger partial charge is 0.356 e. The van der Waals surface area contributed by atoms with E-state index in [1.807, 2.05) is 13.0 Å². The van der Waals surface area contributed by atoms with Crippen molar-refractivity contribution in [1.82, 2.24) is 14.6 Å². The molecule has 1 aliphatic carbocycles. The number of hydrogen-bond donors (Lipinski definition) is 2. The lowest BCUT2D eigenvalue weighted by molar-refractivity contribution is 0.0689. The van der Waals surface area contributed by atoms with Crippen LogP contribution in [0, 0.1) is 6.92 Å². The summed E-state index contributed by atoms with van der Waals surface area (Å²) in [5, 5.41) is 14.2. The van der Waals surface area contributed by atoms with Gasteiger partial charge in [0.05, 0.1) is 11.9 Å². The minimum Gasteiger partial charge on any atom is -0.476 e. The van der Waals surface area contributed by atoms with Crippen LogP contribution in [0.4, 0.5) is 0 Å². The number of nitrogens with zero attached hydrogens (tertiary/aromatic N) is 2. The van der Waals surface area contributed by atoms with Gasteiger partial charge in [-0.3, -0.25) is 4.79 Å². The molecule has 3 aromatic rings. The van der Waals surface area contributed by atoms with E-state index < -0.39 is 5.97 Å². The van der Waals surface area contributed by atoms with Crippen LogP contribution in [0.1, 0.15) is 40.4 Å². The van der Waals surface area contributed by atoms with Crippen molar-refractivity contribution in [2.24, 2.45) is 0 Å². The predicted octanol–water partition coefficient (Wildman–Crippen LogP) is 3.23. The third-order valence-electron chi connectivity index (χ3n) is 4.32. The van der Waals surface area contributed by atoms with Gasteiger partial charge in [-0.15, -0.1) is 0 Å². The largest absolute Gasteiger partial charge is 0.476 e. The highest BCUT2D eigenvalue weighted by Crippen LogP contribution is 2.43. The van der Waals surface area contributed by atoms with Crippen molar-refractivity contribution in [2.75, 3.05) is 0 Å². The molecule has 6 nitrogen and oxygen atoms in total. The van der Waals surface area contributed by atoms with Gasteiger partial charge >= 0.3 is 5.97 Å². The van der Waals surface area contributed by atoms with Gasteiger partial charge in [-0.2, -0.15) is 5.10 Å². The second kappa shape index (κ2) is 5.21. The van der Waals surface area contributed by atoms with E-state index in [4.69, 9.17) is 11.6 Å². The summed E-state index contributed by atoms with van der Waals surface area (Å²) in [7, 11) is 0. The van der Waals surface area contributed by atoms with Crippen molar-refractivity contribution >= 4 is 23.1 Å². The zero-order chi connectivity index (χ0) is 17.0. The van der Waals surface area contributed by atoms with Crippen molar-refractivity contribution in [3.63, 3.8) is 0 Å². The fourth-order valence-electron chi connectivity index (χ4n) is 2.98. The molecule has 0 aliphatic heterocycles. The molecular weight excluding hydrogens is 330 g/mol. The molecule has 0 unspecified atom stereocenters. The van der Waals surface area contributed by atoms with Crippen molar-refractivity contribution < 1.29 is 9.90 Å². The quantitative estimate of drug-likeness (QED) is 0.764. The Balaban J connectivity index is 1.96. The van der Waals surface area contributed by atoms with E-state index in [0.29, 0.717) is 21.8 Å². The Morgan fingerprint density at radius 1 is 1.42 bits per heavy atom. The highest BCUT2D eigenvalue weighted by molar-refractivity contribution is 6.31. The van der Waals surface area contributed by atoms with E-state index in [2.05, 4.69) is 10.1 Å². The predicted molar refractivity (Wildman–Crippen MR) is 89.9 cm³/mol. The molecule has 4 rings (SSSR count). The molecule has 1 aliphatic rings. The first kappa shape index (κ1) is 15.0. The average molecular weight is 344 g/mol. The molecule has 2 aromatic heterocycles. The number of nitrogens with one attached hydrogen (secondary N) is 1. The molecule has 122 valence electrons. The van der Waals surface area contributed by atoms with E-state index in [0.717, 1.165) is 24.0 Å². The van der Waals surface area contributed by atoms with E-state index in [-0.39, 0.29) is 17.2 Å². The average Bonchev–Trinajstić information content (AvgIpc) is 3.29. The van der Waals surface area contributed by atoms with Gasteiger partial charge in [-0.1, -0.05) is 17.7 Å². The van der Waals surface area contributed by atoms with Crippen LogP contribution in [0.25, 0.3) is 16.8 Å². The number of aromatic nitrogens is 3. The Morgan fingerprint density at radius 2 is 2.17 bits per heavy atom. The fourth-order valence-corrected chi connectivity index (χ4v) is 3.10. The first-order chi connectivity index (χ1) is 11.5. The summed E-state index contributed by atoms with van der Waals surface area (Å²) in [5.41, 5.74) is 2.74. The zero-order valence-electron chi connectivity index (χ0n) is 12.8. The fraction of sp³-hybridized carbons (Fsp3) is 0.235. The third-order valence-corrected chi connectivity index (χ3v) is 4.74. The van der Waals surface area contributed by atoms with E-state index in [1.165, 1.54) is 4.52 Å². The molecule has 0 saturated heterocycles. The molecular formula is C17H14ClN3O3. The van der Waals surface area contributed by atoms with Gasteiger partial charge in [0.25, 0.3) is 5.56 Å². The van der Waals surface area contributed by atoms with Gasteiger partial charge in [0, 0.05) is 10.6 Å². The number of H-pyrrole nitrogens is 1. The SMILES string of the molecule is Cc1cc(-c2cn3nc(C(=O)O)c(C4CC4)c3c(=O)[nH]2)ccc1Cl. The molecule has 0 spiro atoms. The maximum atomic E-state index is 12.6. The molecule has 0 atom stereocenters. The minimum absolute atomic E-state index is 0.0348. The summed E-state index contributed by atoms with van der Waals surface area (Å²) in [6.45, 7) is 1.88. The number of rotatable bonds is 3. The topological polar surface area (TPSA) is 87.5 Å². The van der Waals surface area contributed by atoms with Gasteiger partial charge in [-0.05, 0) is 48.9 Å². The minimum atomic E-state index is -1.11. The molecule has 24 heavy (non-hydrogen) atoms. The normalized spacial score (nSPS) is 14.2. The van der Waals surface area contributed by atoms with Crippen LogP contribution in [-0.2, 0) is 0 Å². The van der Waals surface area contributed by atoms with Crippen LogP contribution >= 0.6 is 11.6 Å². The van der Waals surface area contributed by atoms with Crippen LogP contribution in [0.3, 0.4) is 0 Å². The Morgan fingerprint density at radius 3 is 2.79 bits per heavy atom. The number of carboxylic acids is 1. The number of hydrogen-bond acceptors (Lipinski definition) is 3. The molecule has 2 N–H and O–H groups in total. The van der Waals surface area contributed by atoms with Crippen LogP contribution in [0.15, 0.2) is 29.2 Å². The molecule has 0 radical (unpaired) electrons. The van der Waals surface area contributed by atoms with Gasteiger partial charge in [0.15, 0.2) is 5.69 Å². The van der Waals surface area contributed by atoms with Crippen LogP contribution in [0.5, 0.6) is 0 Å². The molecule has 7 heteroatoms. The lowest BCUT2D eigenvalue weighted by Crippen LogP contribution is -2.12. The van der Waals surface area contributed by atoms with Crippen molar-refractivity contribution in [1.29, 1.82) is 0 Å². The summed E-state index contributed by atoms with van der Waals surface area (Å²) in [6, 6.07) is 5.43. The number of fused-ring (bicyclic) bond motifs is 1. The summed E-state index contributed by atoms with van der Waals surface area (Å²) in [5.74, 6) is -0.998. The Kier molecular flexibility index (Phi) is 3.25. The lowest BCUT2D eigenvalue weighted by atomic mass is 10.1. The Hall–Kier alpha value is -2.60. The Labute approximate surface area is 141 Å². The number of carboxylic acid groups (broad SMARTS) is 1. The second-order valence-corrected chi connectivity index (χ2v) is 6.50. The van der Waals surface area contributed by atoms with Crippen LogP contribution < -0.4 is 5.56 Å². The number of aryl methyl sites for hydroxylation is 1. The van der Waals surface area contributed by atoms with Crippen molar-refractivity contribution in [3.05, 3.63) is 56.6 Å². The lowest BCUT2D eigenvalue weighted by Gasteiger charge is -2.05. The first-order valence-corrected chi connectivity index (χ1v) is 7.99. The summed E-state index contributed by atoms with van der Waals surface area (Å²) in [6.07, 6.45) is 3.43. The van der Waals surface area contributed by atoms with Crippen LogP contribution in [-0.4, -0.2) is 25.7 Å². The molecule has 1 fully saturated rings. The van der Waals surface area contributed by atoms with E-state index in [1.54, 1.807) is 18.3 Å². The second-order valence-electron chi connectivity index (χ2n) is 6.10. The number of aromatic amines is 1. The zero-order valence-corrected chi connectivity index (χ0v) is 13.6. The number of halogens is 1. The standard InChI is InChI=1S/C17H14ClN3O3/c1-8-6-10(4-5-11(8)18)12-7-21-15(16(22)19-12)13(9-2-3-9)14(20-21)17(23)24/h4-7,9H,2-3H2,1H3,(H,19,22)(H,23,24).